The van der Waals surface area contributed by atoms with Crippen LogP contribution in [0.4, 0.5) is 0 Å². The number of carbonyl (C=O) groups is 1. The number of quaternary nitrogens is 1. The zero-order chi connectivity index (χ0) is 62.6. The summed E-state index contributed by atoms with van der Waals surface area (Å²) in [4.78, 5) is 25.7. The molecule has 0 radical (unpaired) electrons. The molecule has 0 fully saturated rings. The number of nitrogens with one attached hydrogen (secondary N) is 1. The lowest BCUT2D eigenvalue weighted by Gasteiger charge is -2.29. The number of phosphoric ester groups is 1. The van der Waals surface area contributed by atoms with Gasteiger partial charge in [0.05, 0.1) is 39.9 Å². The summed E-state index contributed by atoms with van der Waals surface area (Å²) in [5.41, 5.74) is 0. The van der Waals surface area contributed by atoms with E-state index in [0.717, 1.165) is 38.5 Å². The summed E-state index contributed by atoms with van der Waals surface area (Å²) < 4.78 is 23.5. The van der Waals surface area contributed by atoms with Crippen LogP contribution >= 0.6 is 7.82 Å². The fourth-order valence-electron chi connectivity index (χ4n) is 11.9. The number of phosphoric acid groups is 1. The SMILES string of the molecule is CCCCCCCCCC/C=C\CCCCCCCCCCCCCCCCCCCCCCCCCCCCCC(=O)NC(COP(=O)([O-])OCC[N+](C)(C)C)C(O)/C=C/CC/C=C/CCCCCCCCCCCCCCCCCCCCC. The van der Waals surface area contributed by atoms with Crippen LogP contribution in [0.5, 0.6) is 0 Å². The molecule has 0 spiro atoms. The highest BCUT2D eigenvalue weighted by atomic mass is 31.2. The largest absolute Gasteiger partial charge is 0.756 e. The van der Waals surface area contributed by atoms with Gasteiger partial charge in [0.25, 0.3) is 7.82 Å². The number of carbonyl (C=O) groups excluding carboxylic acids is 1. The molecule has 86 heavy (non-hydrogen) atoms. The van der Waals surface area contributed by atoms with E-state index in [1.807, 2.05) is 27.2 Å². The molecule has 9 heteroatoms. The van der Waals surface area contributed by atoms with Gasteiger partial charge in [-0.2, -0.15) is 0 Å². The Balaban J connectivity index is 3.95. The van der Waals surface area contributed by atoms with Crippen LogP contribution in [-0.2, 0) is 18.4 Å². The number of hydrogen-bond acceptors (Lipinski definition) is 6. The van der Waals surface area contributed by atoms with Gasteiger partial charge in [-0.25, -0.2) is 0 Å². The number of likely N-dealkylation sites (N-methyl/N-ethyl adjacent to an activating group) is 1. The van der Waals surface area contributed by atoms with Crippen molar-refractivity contribution >= 4 is 13.7 Å². The number of hydrogen-bond donors (Lipinski definition) is 2. The van der Waals surface area contributed by atoms with Crippen LogP contribution in [0.3, 0.4) is 0 Å². The van der Waals surface area contributed by atoms with Crippen molar-refractivity contribution in [1.29, 1.82) is 0 Å². The molecule has 0 aromatic heterocycles. The summed E-state index contributed by atoms with van der Waals surface area (Å²) in [6, 6.07) is -0.903. The zero-order valence-electron chi connectivity index (χ0n) is 58.5. The predicted octanol–water partition coefficient (Wildman–Crippen LogP) is 24.2. The molecule has 510 valence electrons. The van der Waals surface area contributed by atoms with Gasteiger partial charge >= 0.3 is 0 Å². The van der Waals surface area contributed by atoms with Gasteiger partial charge in [-0.05, 0) is 57.8 Å². The lowest BCUT2D eigenvalue weighted by molar-refractivity contribution is -0.870. The van der Waals surface area contributed by atoms with Crippen molar-refractivity contribution in [1.82, 2.24) is 5.32 Å². The lowest BCUT2D eigenvalue weighted by Crippen LogP contribution is -2.45. The van der Waals surface area contributed by atoms with E-state index in [9.17, 15) is 19.4 Å². The Kier molecular flexibility index (Phi) is 67.1. The van der Waals surface area contributed by atoms with Crippen molar-refractivity contribution in [3.63, 3.8) is 0 Å². The predicted molar refractivity (Wildman–Crippen MR) is 376 cm³/mol. The second-order valence-electron chi connectivity index (χ2n) is 27.7. The van der Waals surface area contributed by atoms with E-state index in [1.54, 1.807) is 6.08 Å². The molecule has 0 aliphatic carbocycles. The highest BCUT2D eigenvalue weighted by molar-refractivity contribution is 7.45. The second-order valence-corrected chi connectivity index (χ2v) is 29.1. The molecule has 0 rings (SSSR count). The third kappa shape index (κ3) is 70.2. The summed E-state index contributed by atoms with van der Waals surface area (Å²) >= 11 is 0. The average molecular weight is 1230 g/mol. The Morgan fingerprint density at radius 1 is 0.395 bits per heavy atom. The topological polar surface area (TPSA) is 108 Å². The molecule has 0 saturated heterocycles. The fourth-order valence-corrected chi connectivity index (χ4v) is 12.6. The highest BCUT2D eigenvalue weighted by Crippen LogP contribution is 2.38. The van der Waals surface area contributed by atoms with E-state index < -0.39 is 20.0 Å². The number of unbranched alkanes of at least 4 members (excludes halogenated alkanes) is 55. The van der Waals surface area contributed by atoms with Crippen molar-refractivity contribution in [2.24, 2.45) is 0 Å². The highest BCUT2D eigenvalue weighted by Gasteiger charge is 2.23. The van der Waals surface area contributed by atoms with Gasteiger partial charge in [-0.3, -0.25) is 9.36 Å². The minimum atomic E-state index is -4.61. The van der Waals surface area contributed by atoms with Crippen LogP contribution in [-0.4, -0.2) is 68.5 Å². The van der Waals surface area contributed by atoms with Crippen molar-refractivity contribution < 1.29 is 32.9 Å². The van der Waals surface area contributed by atoms with Gasteiger partial charge in [0, 0.05) is 6.42 Å². The molecule has 0 saturated carbocycles. The zero-order valence-corrected chi connectivity index (χ0v) is 59.4. The van der Waals surface area contributed by atoms with Crippen LogP contribution < -0.4 is 10.2 Å². The summed E-state index contributed by atoms with van der Waals surface area (Å²) in [6.45, 7) is 4.69. The van der Waals surface area contributed by atoms with Crippen LogP contribution in [0.15, 0.2) is 36.5 Å². The van der Waals surface area contributed by atoms with Gasteiger partial charge in [0.1, 0.15) is 13.2 Å². The molecule has 0 aliphatic heterocycles. The summed E-state index contributed by atoms with van der Waals surface area (Å²) in [6.07, 6.45) is 91.7. The van der Waals surface area contributed by atoms with Gasteiger partial charge in [0.15, 0.2) is 0 Å². The molecule has 3 atom stereocenters. The summed E-state index contributed by atoms with van der Waals surface area (Å²) in [7, 11) is 1.26. The fraction of sp³-hybridized carbons (Fsp3) is 0.909. The first-order valence-electron chi connectivity index (χ1n) is 38.4. The minimum Gasteiger partial charge on any atom is -0.756 e. The summed E-state index contributed by atoms with van der Waals surface area (Å²) in [5.74, 6) is -0.198. The minimum absolute atomic E-state index is 0.00402. The van der Waals surface area contributed by atoms with Crippen LogP contribution in [0, 0.1) is 0 Å². The van der Waals surface area contributed by atoms with Crippen molar-refractivity contribution in [2.45, 2.75) is 411 Å². The van der Waals surface area contributed by atoms with Gasteiger partial charge in [-0.1, -0.05) is 371 Å². The van der Waals surface area contributed by atoms with E-state index >= 15 is 0 Å². The number of nitrogens with zero attached hydrogens (tertiary/aromatic N) is 1. The van der Waals surface area contributed by atoms with Gasteiger partial charge < -0.3 is 28.8 Å². The van der Waals surface area contributed by atoms with Crippen LogP contribution in [0.2, 0.25) is 0 Å². The number of aliphatic hydroxyl groups excluding tert-OH is 1. The first kappa shape index (κ1) is 84.7. The maximum atomic E-state index is 13.1. The first-order valence-corrected chi connectivity index (χ1v) is 39.8. The van der Waals surface area contributed by atoms with Crippen LogP contribution in [0.1, 0.15) is 399 Å². The average Bonchev–Trinajstić information content (AvgIpc) is 3.70. The monoisotopic (exact) mass is 1230 g/mol. The molecular formula is C77H151N2O6P. The Bertz CT molecular complexity index is 1500. The molecule has 2 N–H and O–H groups in total. The number of aliphatic hydroxyl groups is 1. The smallest absolute Gasteiger partial charge is 0.268 e. The van der Waals surface area contributed by atoms with E-state index in [-0.39, 0.29) is 19.1 Å². The van der Waals surface area contributed by atoms with Gasteiger partial charge in [-0.15, -0.1) is 0 Å². The Morgan fingerprint density at radius 3 is 0.942 bits per heavy atom. The van der Waals surface area contributed by atoms with Crippen molar-refractivity contribution in [2.75, 3.05) is 40.9 Å². The van der Waals surface area contributed by atoms with E-state index in [1.165, 1.54) is 340 Å². The van der Waals surface area contributed by atoms with Crippen molar-refractivity contribution in [3.05, 3.63) is 36.5 Å². The molecule has 8 nitrogen and oxygen atoms in total. The maximum absolute atomic E-state index is 13.1. The lowest BCUT2D eigenvalue weighted by atomic mass is 10.0. The van der Waals surface area contributed by atoms with Crippen molar-refractivity contribution in [3.8, 4) is 0 Å². The number of amides is 1. The normalized spacial score (nSPS) is 13.7. The van der Waals surface area contributed by atoms with E-state index in [2.05, 4.69) is 43.5 Å². The quantitative estimate of drug-likeness (QED) is 0.0272. The third-order valence-electron chi connectivity index (χ3n) is 17.8. The second kappa shape index (κ2) is 68.1. The molecular weight excluding hydrogens is 1080 g/mol. The van der Waals surface area contributed by atoms with Crippen LogP contribution in [0.25, 0.3) is 0 Å². The third-order valence-corrected chi connectivity index (χ3v) is 18.8. The van der Waals surface area contributed by atoms with E-state index in [0.29, 0.717) is 17.4 Å². The van der Waals surface area contributed by atoms with E-state index in [4.69, 9.17) is 9.05 Å². The molecule has 0 aromatic rings. The summed E-state index contributed by atoms with van der Waals surface area (Å²) in [5, 5.41) is 14.0. The Hall–Kier alpha value is -1.28. The molecule has 3 unspecified atom stereocenters. The maximum Gasteiger partial charge on any atom is 0.268 e. The molecule has 0 bridgehead atoms. The Morgan fingerprint density at radius 2 is 0.651 bits per heavy atom. The molecule has 0 aliphatic rings. The van der Waals surface area contributed by atoms with Gasteiger partial charge in [0.2, 0.25) is 5.91 Å². The molecule has 1 amide bonds. The molecule has 0 aromatic carbocycles. The standard InChI is InChI=1S/C77H151N2O6P/c1-6-8-10-12-14-16-18-20-22-24-26-28-30-32-33-34-35-36-37-38-39-40-41-42-43-44-45-47-49-51-53-55-57-59-61-63-65-67-69-71-77(81)78-75(74-85-86(82,83)84-73-72-79(3,4)5)76(80)70-68-66-64-62-60-58-56-54-52-50-48-46-31-29-27-25-23-21-19-17-15-13-11-9-7-2/h24,26,60,62,68,70,75-76,80H,6-23,25,27-59,61,63-67,69,71-74H2,1-5H3,(H-,78,81,82,83)/b26-24-,62-60+,70-68+. The number of allylic oxidation sites excluding steroid dienone is 5. The first-order chi connectivity index (χ1) is 42.0. The molecule has 0 heterocycles. The Labute approximate surface area is 537 Å². The number of rotatable bonds is 72.